The molecule has 0 amide bonds. The van der Waals surface area contributed by atoms with Gasteiger partial charge in [0.25, 0.3) is 0 Å². The molecule has 31 heavy (non-hydrogen) atoms. The maximum atomic E-state index is 9.93. The maximum Gasteiger partial charge on any atom is 0.152 e. The summed E-state index contributed by atoms with van der Waals surface area (Å²) in [6, 6.07) is 6.43. The molecular formula is C21H25Cl2N5O2S. The van der Waals surface area contributed by atoms with E-state index in [-0.39, 0.29) is 30.9 Å². The third kappa shape index (κ3) is 4.18. The fraction of sp³-hybridized carbons (Fsp3) is 0.333. The van der Waals surface area contributed by atoms with Crippen LogP contribution in [-0.4, -0.2) is 50.9 Å². The number of nitrogen functional groups attached to an aromatic ring is 1. The summed E-state index contributed by atoms with van der Waals surface area (Å²) in [4.78, 5) is 7.61. The van der Waals surface area contributed by atoms with Gasteiger partial charge in [-0.15, -0.1) is 36.2 Å². The molecule has 3 N–H and O–H groups in total. The van der Waals surface area contributed by atoms with E-state index in [1.165, 1.54) is 6.33 Å². The lowest BCUT2D eigenvalue weighted by molar-refractivity contribution is 0.175. The van der Waals surface area contributed by atoms with Gasteiger partial charge in [0.15, 0.2) is 5.82 Å². The molecule has 1 atom stereocenters. The molecule has 7 nitrogen and oxygen atoms in total. The number of thiophene rings is 1. The van der Waals surface area contributed by atoms with Gasteiger partial charge in [0.1, 0.15) is 17.6 Å². The van der Waals surface area contributed by atoms with Crippen molar-refractivity contribution in [2.75, 3.05) is 25.9 Å². The number of aliphatic hydroxyl groups is 1. The lowest BCUT2D eigenvalue weighted by atomic mass is 10.1. The highest BCUT2D eigenvalue weighted by Crippen LogP contribution is 2.43. The third-order valence-corrected chi connectivity index (χ3v) is 6.70. The Morgan fingerprint density at radius 3 is 2.81 bits per heavy atom. The molecule has 4 aromatic rings. The average molecular weight is 482 g/mol. The highest BCUT2D eigenvalue weighted by Gasteiger charge is 2.25. The SMILES string of the molecule is COc1cc(C)cc2cc(-c3c(CN4CCC(O)C4)cn4ncnc(N)c34)sc12.Cl.Cl. The van der Waals surface area contributed by atoms with E-state index in [0.29, 0.717) is 12.4 Å². The summed E-state index contributed by atoms with van der Waals surface area (Å²) < 4.78 is 8.55. The Bertz CT molecular complexity index is 1230. The van der Waals surface area contributed by atoms with Gasteiger partial charge < -0.3 is 15.6 Å². The molecule has 0 radical (unpaired) electrons. The van der Waals surface area contributed by atoms with Crippen LogP contribution in [0.4, 0.5) is 5.82 Å². The Hall–Kier alpha value is -2.10. The van der Waals surface area contributed by atoms with Gasteiger partial charge in [0.05, 0.1) is 17.9 Å². The van der Waals surface area contributed by atoms with E-state index >= 15 is 0 Å². The Balaban J connectivity index is 0.00000136. The maximum absolute atomic E-state index is 9.93. The minimum atomic E-state index is -0.253. The molecule has 1 saturated heterocycles. The summed E-state index contributed by atoms with van der Waals surface area (Å²) in [5, 5.41) is 15.5. The van der Waals surface area contributed by atoms with Gasteiger partial charge in [-0.2, -0.15) is 5.10 Å². The first-order valence-electron chi connectivity index (χ1n) is 9.63. The molecule has 10 heteroatoms. The Morgan fingerprint density at radius 2 is 2.10 bits per heavy atom. The number of likely N-dealkylation sites (tertiary alicyclic amines) is 1. The number of β-amino-alcohol motifs (C(OH)–C–C–N with tert-alkyl or cyclic N) is 1. The Kier molecular flexibility index (Phi) is 6.98. The Labute approximate surface area is 196 Å². The average Bonchev–Trinajstić information content (AvgIpc) is 3.38. The first-order valence-corrected chi connectivity index (χ1v) is 10.4. The number of hydrogen-bond acceptors (Lipinski definition) is 7. The molecule has 1 aliphatic rings. The number of fused-ring (bicyclic) bond motifs is 2. The third-order valence-electron chi connectivity index (χ3n) is 5.51. The monoisotopic (exact) mass is 481 g/mol. The van der Waals surface area contributed by atoms with Crippen molar-refractivity contribution in [3.8, 4) is 16.2 Å². The summed E-state index contributed by atoms with van der Waals surface area (Å²) in [6.45, 7) is 4.38. The molecule has 1 aromatic carbocycles. The number of nitrogens with two attached hydrogens (primary N) is 1. The first kappa shape index (κ1) is 23.6. The van der Waals surface area contributed by atoms with Gasteiger partial charge in [-0.1, -0.05) is 6.07 Å². The number of halogens is 2. The van der Waals surface area contributed by atoms with Crippen LogP contribution in [0.1, 0.15) is 17.5 Å². The smallest absolute Gasteiger partial charge is 0.152 e. The zero-order valence-corrected chi connectivity index (χ0v) is 19.7. The molecule has 4 heterocycles. The molecule has 5 rings (SSSR count). The predicted molar refractivity (Wildman–Crippen MR) is 130 cm³/mol. The van der Waals surface area contributed by atoms with Gasteiger partial charge in [-0.05, 0) is 42.0 Å². The molecule has 0 bridgehead atoms. The molecule has 1 fully saturated rings. The van der Waals surface area contributed by atoms with Crippen LogP contribution in [0.3, 0.4) is 0 Å². The van der Waals surface area contributed by atoms with Crippen LogP contribution in [0.25, 0.3) is 26.0 Å². The number of aliphatic hydroxyl groups excluding tert-OH is 1. The summed E-state index contributed by atoms with van der Waals surface area (Å²) in [7, 11) is 1.71. The van der Waals surface area contributed by atoms with E-state index in [1.807, 2.05) is 10.7 Å². The van der Waals surface area contributed by atoms with Crippen LogP contribution < -0.4 is 10.5 Å². The van der Waals surface area contributed by atoms with Gasteiger partial charge >= 0.3 is 0 Å². The number of benzene rings is 1. The molecule has 166 valence electrons. The van der Waals surface area contributed by atoms with Crippen LogP contribution in [0.5, 0.6) is 5.75 Å². The molecule has 3 aromatic heterocycles. The van der Waals surface area contributed by atoms with Crippen molar-refractivity contribution in [2.24, 2.45) is 0 Å². The molecule has 0 aliphatic carbocycles. The van der Waals surface area contributed by atoms with Crippen molar-refractivity contribution in [2.45, 2.75) is 26.0 Å². The first-order chi connectivity index (χ1) is 14.0. The fourth-order valence-corrected chi connectivity index (χ4v) is 5.43. The van der Waals surface area contributed by atoms with E-state index in [0.717, 1.165) is 62.4 Å². The van der Waals surface area contributed by atoms with Crippen molar-refractivity contribution in [1.29, 1.82) is 0 Å². The van der Waals surface area contributed by atoms with Crippen LogP contribution in [0, 0.1) is 6.92 Å². The normalized spacial score (nSPS) is 16.4. The van der Waals surface area contributed by atoms with Gasteiger partial charge in [-0.25, -0.2) is 9.50 Å². The van der Waals surface area contributed by atoms with Crippen LogP contribution in [0.2, 0.25) is 0 Å². The van der Waals surface area contributed by atoms with Crippen LogP contribution in [0.15, 0.2) is 30.7 Å². The van der Waals surface area contributed by atoms with E-state index in [1.54, 1.807) is 18.4 Å². The minimum Gasteiger partial charge on any atom is -0.495 e. The van der Waals surface area contributed by atoms with Gasteiger partial charge in [0.2, 0.25) is 0 Å². The Morgan fingerprint density at radius 1 is 1.29 bits per heavy atom. The summed E-state index contributed by atoms with van der Waals surface area (Å²) in [5.74, 6) is 1.34. The number of hydrogen-bond donors (Lipinski definition) is 2. The second-order valence-corrected chi connectivity index (χ2v) is 8.69. The molecule has 0 saturated carbocycles. The summed E-state index contributed by atoms with van der Waals surface area (Å²) in [6.07, 6.45) is 4.06. The predicted octanol–water partition coefficient (Wildman–Crippen LogP) is 3.92. The van der Waals surface area contributed by atoms with Crippen molar-refractivity contribution >= 4 is 57.6 Å². The quantitative estimate of drug-likeness (QED) is 0.459. The summed E-state index contributed by atoms with van der Waals surface area (Å²) >= 11 is 1.69. The highest BCUT2D eigenvalue weighted by molar-refractivity contribution is 7.22. The van der Waals surface area contributed by atoms with Crippen molar-refractivity contribution in [3.63, 3.8) is 0 Å². The fourth-order valence-electron chi connectivity index (χ4n) is 4.22. The molecule has 1 unspecified atom stereocenters. The standard InChI is InChI=1S/C21H23N5O2S.2ClH/c1-12-5-13-7-17(29-20(13)16(6-12)28-2)18-14(8-25-4-3-15(27)10-25)9-26-19(18)21(22)23-11-24-26;;/h5-7,9,11,15,27H,3-4,8,10H2,1-2H3,(H2,22,23,24);2*1H. The summed E-state index contributed by atoms with van der Waals surface area (Å²) in [5.41, 5.74) is 10.4. The topological polar surface area (TPSA) is 88.9 Å². The van der Waals surface area contributed by atoms with Crippen LogP contribution >= 0.6 is 36.2 Å². The molecule has 1 aliphatic heterocycles. The number of rotatable bonds is 4. The van der Waals surface area contributed by atoms with E-state index in [4.69, 9.17) is 10.5 Å². The number of methoxy groups -OCH3 is 1. The lowest BCUT2D eigenvalue weighted by Gasteiger charge is -2.14. The highest BCUT2D eigenvalue weighted by atomic mass is 35.5. The second-order valence-electron chi connectivity index (χ2n) is 7.64. The number of anilines is 1. The molecular weight excluding hydrogens is 457 g/mol. The van der Waals surface area contributed by atoms with Gasteiger partial charge in [-0.3, -0.25) is 4.90 Å². The van der Waals surface area contributed by atoms with Gasteiger partial charge in [0, 0.05) is 36.3 Å². The lowest BCUT2D eigenvalue weighted by Crippen LogP contribution is -2.21. The van der Waals surface area contributed by atoms with Crippen molar-refractivity contribution < 1.29 is 9.84 Å². The zero-order chi connectivity index (χ0) is 20.1. The van der Waals surface area contributed by atoms with Crippen molar-refractivity contribution in [1.82, 2.24) is 19.5 Å². The zero-order valence-electron chi connectivity index (χ0n) is 17.2. The van der Waals surface area contributed by atoms with E-state index in [9.17, 15) is 5.11 Å². The van der Waals surface area contributed by atoms with Crippen molar-refractivity contribution in [3.05, 3.63) is 41.9 Å². The minimum absolute atomic E-state index is 0. The van der Waals surface area contributed by atoms with E-state index < -0.39 is 0 Å². The largest absolute Gasteiger partial charge is 0.495 e. The van der Waals surface area contributed by atoms with E-state index in [2.05, 4.69) is 40.1 Å². The number of nitrogens with zero attached hydrogens (tertiary/aromatic N) is 4. The number of aryl methyl sites for hydroxylation is 1. The number of aromatic nitrogens is 3. The number of ether oxygens (including phenoxy) is 1. The second kappa shape index (κ2) is 9.18. The molecule has 0 spiro atoms. The van der Waals surface area contributed by atoms with Crippen LogP contribution in [-0.2, 0) is 6.54 Å².